The number of nitrogens with two attached hydrogens (primary N) is 2. The van der Waals surface area contributed by atoms with Crippen molar-refractivity contribution in [2.24, 2.45) is 11.6 Å². The van der Waals surface area contributed by atoms with E-state index in [2.05, 4.69) is 0 Å². The van der Waals surface area contributed by atoms with Gasteiger partial charge in [-0.1, -0.05) is 54.8 Å². The SMILES string of the molecule is N/C=C(/c1ccc(-c2ccc(F)c(Cl)c2)cc1)N(N)C1CCCC1. The van der Waals surface area contributed by atoms with Crippen molar-refractivity contribution in [3.05, 3.63) is 65.1 Å². The van der Waals surface area contributed by atoms with Crippen LogP contribution >= 0.6 is 11.6 Å². The topological polar surface area (TPSA) is 55.3 Å². The minimum absolute atomic E-state index is 0.119. The molecule has 1 fully saturated rings. The number of hydrogen-bond donors (Lipinski definition) is 2. The second-order valence-electron chi connectivity index (χ2n) is 6.10. The summed E-state index contributed by atoms with van der Waals surface area (Å²) in [4.78, 5) is 0. The van der Waals surface area contributed by atoms with E-state index in [1.54, 1.807) is 23.3 Å². The Balaban J connectivity index is 1.83. The van der Waals surface area contributed by atoms with Crippen LogP contribution in [-0.4, -0.2) is 11.1 Å². The first-order valence-electron chi connectivity index (χ1n) is 8.12. The van der Waals surface area contributed by atoms with Gasteiger partial charge in [0, 0.05) is 17.8 Å². The van der Waals surface area contributed by atoms with E-state index in [0.717, 1.165) is 35.2 Å². The largest absolute Gasteiger partial charge is 0.403 e. The zero-order valence-electron chi connectivity index (χ0n) is 13.4. The number of halogens is 2. The average molecular weight is 346 g/mol. The van der Waals surface area contributed by atoms with E-state index in [1.165, 1.54) is 18.9 Å². The van der Waals surface area contributed by atoms with Gasteiger partial charge in [-0.25, -0.2) is 10.2 Å². The first kappa shape index (κ1) is 16.8. The maximum atomic E-state index is 13.3. The number of benzene rings is 2. The summed E-state index contributed by atoms with van der Waals surface area (Å²) < 4.78 is 13.3. The van der Waals surface area contributed by atoms with Crippen molar-refractivity contribution in [1.82, 2.24) is 5.01 Å². The zero-order chi connectivity index (χ0) is 17.1. The summed E-state index contributed by atoms with van der Waals surface area (Å²) in [6, 6.07) is 12.9. The van der Waals surface area contributed by atoms with Crippen molar-refractivity contribution < 1.29 is 4.39 Å². The molecule has 0 saturated heterocycles. The average Bonchev–Trinajstić information content (AvgIpc) is 3.13. The molecule has 1 aliphatic carbocycles. The molecule has 126 valence electrons. The van der Waals surface area contributed by atoms with Gasteiger partial charge >= 0.3 is 0 Å². The van der Waals surface area contributed by atoms with Crippen LogP contribution in [0, 0.1) is 5.82 Å². The predicted octanol–water partition coefficient (Wildman–Crippen LogP) is 4.52. The van der Waals surface area contributed by atoms with Crippen LogP contribution in [0.4, 0.5) is 4.39 Å². The molecule has 0 bridgehead atoms. The fourth-order valence-electron chi connectivity index (χ4n) is 3.22. The molecule has 3 nitrogen and oxygen atoms in total. The lowest BCUT2D eigenvalue weighted by Gasteiger charge is -2.28. The Hall–Kier alpha value is -2.04. The highest BCUT2D eigenvalue weighted by Gasteiger charge is 2.22. The van der Waals surface area contributed by atoms with Gasteiger partial charge in [0.2, 0.25) is 0 Å². The molecule has 0 aromatic heterocycles. The third kappa shape index (κ3) is 3.40. The van der Waals surface area contributed by atoms with Gasteiger partial charge < -0.3 is 10.7 Å². The van der Waals surface area contributed by atoms with Gasteiger partial charge in [-0.05, 0) is 36.1 Å². The van der Waals surface area contributed by atoms with Crippen LogP contribution in [0.15, 0.2) is 48.7 Å². The van der Waals surface area contributed by atoms with Crippen molar-refractivity contribution in [3.8, 4) is 11.1 Å². The van der Waals surface area contributed by atoms with Crippen LogP contribution in [0.5, 0.6) is 0 Å². The van der Waals surface area contributed by atoms with E-state index in [9.17, 15) is 4.39 Å². The van der Waals surface area contributed by atoms with E-state index in [1.807, 2.05) is 24.3 Å². The summed E-state index contributed by atoms with van der Waals surface area (Å²) in [6.45, 7) is 0. The fraction of sp³-hybridized carbons (Fsp3) is 0.263. The van der Waals surface area contributed by atoms with Crippen LogP contribution < -0.4 is 11.6 Å². The Bertz CT molecular complexity index is 737. The summed E-state index contributed by atoms with van der Waals surface area (Å²) in [6.07, 6.45) is 6.17. The van der Waals surface area contributed by atoms with Gasteiger partial charge in [0.05, 0.1) is 10.7 Å². The van der Waals surface area contributed by atoms with Gasteiger partial charge in [-0.2, -0.15) is 0 Å². The maximum Gasteiger partial charge on any atom is 0.141 e. The second-order valence-corrected chi connectivity index (χ2v) is 6.51. The third-order valence-corrected chi connectivity index (χ3v) is 4.88. The number of rotatable bonds is 4. The molecule has 0 amide bonds. The second kappa shape index (κ2) is 7.24. The van der Waals surface area contributed by atoms with Crippen molar-refractivity contribution in [2.45, 2.75) is 31.7 Å². The monoisotopic (exact) mass is 345 g/mol. The van der Waals surface area contributed by atoms with Gasteiger partial charge in [0.25, 0.3) is 0 Å². The molecule has 5 heteroatoms. The van der Waals surface area contributed by atoms with E-state index in [4.69, 9.17) is 23.2 Å². The first-order valence-corrected chi connectivity index (χ1v) is 8.49. The molecule has 0 spiro atoms. The molecule has 0 unspecified atom stereocenters. The number of hydrogen-bond acceptors (Lipinski definition) is 3. The molecular weight excluding hydrogens is 325 g/mol. The first-order chi connectivity index (χ1) is 11.6. The lowest BCUT2D eigenvalue weighted by molar-refractivity contribution is 0.306. The molecule has 0 heterocycles. The third-order valence-electron chi connectivity index (χ3n) is 4.59. The standard InChI is InChI=1S/C19H21ClFN3/c20-17-11-15(9-10-18(17)21)13-5-7-14(8-6-13)19(12-22)24(23)16-3-1-2-4-16/h5-12,16H,1-4,22-23H2/b19-12-. The Kier molecular flexibility index (Phi) is 5.07. The fourth-order valence-corrected chi connectivity index (χ4v) is 3.40. The Morgan fingerprint density at radius 3 is 2.29 bits per heavy atom. The lowest BCUT2D eigenvalue weighted by atomic mass is 10.0. The summed E-state index contributed by atoms with van der Waals surface area (Å²) in [7, 11) is 0. The quantitative estimate of drug-likeness (QED) is 0.632. The highest BCUT2D eigenvalue weighted by atomic mass is 35.5. The summed E-state index contributed by atoms with van der Waals surface area (Å²) >= 11 is 5.86. The van der Waals surface area contributed by atoms with Crippen LogP contribution in [0.3, 0.4) is 0 Å². The van der Waals surface area contributed by atoms with E-state index < -0.39 is 5.82 Å². The van der Waals surface area contributed by atoms with Crippen LogP contribution in [0.2, 0.25) is 5.02 Å². The highest BCUT2D eigenvalue weighted by Crippen LogP contribution is 2.29. The van der Waals surface area contributed by atoms with Crippen LogP contribution in [-0.2, 0) is 0 Å². The van der Waals surface area contributed by atoms with E-state index in [0.29, 0.717) is 6.04 Å². The van der Waals surface area contributed by atoms with E-state index >= 15 is 0 Å². The van der Waals surface area contributed by atoms with Crippen LogP contribution in [0.1, 0.15) is 31.2 Å². The number of hydrazine groups is 1. The predicted molar refractivity (Wildman–Crippen MR) is 97.3 cm³/mol. The zero-order valence-corrected chi connectivity index (χ0v) is 14.1. The number of nitrogens with zero attached hydrogens (tertiary/aromatic N) is 1. The molecule has 0 aliphatic heterocycles. The van der Waals surface area contributed by atoms with Crippen molar-refractivity contribution >= 4 is 17.3 Å². The smallest absolute Gasteiger partial charge is 0.141 e. The molecule has 3 rings (SSSR count). The molecular formula is C19H21ClFN3. The Labute approximate surface area is 146 Å². The molecule has 24 heavy (non-hydrogen) atoms. The highest BCUT2D eigenvalue weighted by molar-refractivity contribution is 6.31. The molecule has 0 atom stereocenters. The minimum atomic E-state index is -0.416. The lowest BCUT2D eigenvalue weighted by Crippen LogP contribution is -2.38. The van der Waals surface area contributed by atoms with Gasteiger partial charge in [-0.15, -0.1) is 0 Å². The Morgan fingerprint density at radius 2 is 1.71 bits per heavy atom. The summed E-state index contributed by atoms with van der Waals surface area (Å²) in [5.74, 6) is 5.86. The van der Waals surface area contributed by atoms with Gasteiger partial charge in [0.15, 0.2) is 0 Å². The normalized spacial score (nSPS) is 15.7. The van der Waals surface area contributed by atoms with Crippen LogP contribution in [0.25, 0.3) is 16.8 Å². The van der Waals surface area contributed by atoms with Gasteiger partial charge in [0.1, 0.15) is 5.82 Å². The molecule has 0 radical (unpaired) electrons. The molecule has 1 aliphatic rings. The molecule has 2 aromatic rings. The summed E-state index contributed by atoms with van der Waals surface area (Å²) in [5, 5.41) is 1.91. The summed E-state index contributed by atoms with van der Waals surface area (Å²) in [5.41, 5.74) is 9.43. The molecule has 1 saturated carbocycles. The van der Waals surface area contributed by atoms with Gasteiger partial charge in [-0.3, -0.25) is 0 Å². The van der Waals surface area contributed by atoms with E-state index in [-0.39, 0.29) is 5.02 Å². The maximum absolute atomic E-state index is 13.3. The van der Waals surface area contributed by atoms with Crippen molar-refractivity contribution in [1.29, 1.82) is 0 Å². The van der Waals surface area contributed by atoms with Crippen molar-refractivity contribution in [2.75, 3.05) is 0 Å². The minimum Gasteiger partial charge on any atom is -0.403 e. The molecule has 4 N–H and O–H groups in total. The van der Waals surface area contributed by atoms with Crippen molar-refractivity contribution in [3.63, 3.8) is 0 Å². The molecule has 2 aromatic carbocycles. The Morgan fingerprint density at radius 1 is 1.08 bits per heavy atom.